The molecule has 8 nitrogen and oxygen atoms in total. The quantitative estimate of drug-likeness (QED) is 0.363. The van der Waals surface area contributed by atoms with Gasteiger partial charge in [0, 0.05) is 5.92 Å². The summed E-state index contributed by atoms with van der Waals surface area (Å²) in [4.78, 5) is 37.2. The van der Waals surface area contributed by atoms with Crippen molar-refractivity contribution in [2.24, 2.45) is 11.8 Å². The van der Waals surface area contributed by atoms with Crippen molar-refractivity contribution in [3.8, 4) is 11.5 Å². The maximum Gasteiger partial charge on any atom is 0.320 e. The topological polar surface area (TPSA) is 97.4 Å². The van der Waals surface area contributed by atoms with E-state index < -0.39 is 35.7 Å². The predicted octanol–water partition coefficient (Wildman–Crippen LogP) is 1.95. The number of carbonyl (C=O) groups is 3. The molecule has 150 valence electrons. The van der Waals surface area contributed by atoms with Gasteiger partial charge in [-0.1, -0.05) is 13.0 Å². The standard InChI is InChI=1S/C19H26O8/c1-7-12(17(20)25-4)15(16(18(21)26-5)19(22)27-6)11-8-9-13(23-2)14(10-11)24-3/h8-10,12,15-16H,7H2,1-6H3. The fourth-order valence-electron chi connectivity index (χ4n) is 3.08. The molecule has 8 heteroatoms. The highest BCUT2D eigenvalue weighted by atomic mass is 16.5. The second kappa shape index (κ2) is 10.4. The van der Waals surface area contributed by atoms with Crippen LogP contribution in [0.4, 0.5) is 0 Å². The molecule has 0 aromatic heterocycles. The van der Waals surface area contributed by atoms with Crippen LogP contribution in [0.5, 0.6) is 11.5 Å². The maximum atomic E-state index is 12.4. The fourth-order valence-corrected chi connectivity index (χ4v) is 3.08. The number of hydrogen-bond acceptors (Lipinski definition) is 8. The first-order valence-corrected chi connectivity index (χ1v) is 8.35. The van der Waals surface area contributed by atoms with Crippen molar-refractivity contribution in [3.63, 3.8) is 0 Å². The van der Waals surface area contributed by atoms with Crippen LogP contribution in [0.3, 0.4) is 0 Å². The van der Waals surface area contributed by atoms with Gasteiger partial charge in [0.15, 0.2) is 17.4 Å². The second-order valence-electron chi connectivity index (χ2n) is 5.70. The molecule has 0 aliphatic heterocycles. The van der Waals surface area contributed by atoms with Gasteiger partial charge in [0.2, 0.25) is 0 Å². The lowest BCUT2D eigenvalue weighted by Gasteiger charge is -2.29. The maximum absolute atomic E-state index is 12.4. The number of carbonyl (C=O) groups excluding carboxylic acids is 3. The molecule has 1 aromatic rings. The van der Waals surface area contributed by atoms with Crippen LogP contribution in [0.2, 0.25) is 0 Å². The van der Waals surface area contributed by atoms with Crippen LogP contribution in [0.25, 0.3) is 0 Å². The smallest absolute Gasteiger partial charge is 0.320 e. The highest BCUT2D eigenvalue weighted by Gasteiger charge is 2.44. The van der Waals surface area contributed by atoms with E-state index in [1.165, 1.54) is 35.5 Å². The van der Waals surface area contributed by atoms with E-state index in [0.717, 1.165) is 0 Å². The summed E-state index contributed by atoms with van der Waals surface area (Å²) in [5, 5.41) is 0. The van der Waals surface area contributed by atoms with Gasteiger partial charge in [-0.05, 0) is 24.1 Å². The van der Waals surface area contributed by atoms with Crippen molar-refractivity contribution in [2.45, 2.75) is 19.3 Å². The van der Waals surface area contributed by atoms with Gasteiger partial charge in [0.25, 0.3) is 0 Å². The molecule has 0 aliphatic carbocycles. The first-order chi connectivity index (χ1) is 12.9. The highest BCUT2D eigenvalue weighted by Crippen LogP contribution is 2.40. The van der Waals surface area contributed by atoms with E-state index in [2.05, 4.69) is 0 Å². The van der Waals surface area contributed by atoms with Crippen molar-refractivity contribution >= 4 is 17.9 Å². The van der Waals surface area contributed by atoms with Crippen molar-refractivity contribution in [2.75, 3.05) is 35.5 Å². The Hall–Kier alpha value is -2.77. The summed E-state index contributed by atoms with van der Waals surface area (Å²) >= 11 is 0. The minimum absolute atomic E-state index is 0.330. The SMILES string of the molecule is CCC(C(=O)OC)C(c1ccc(OC)c(OC)c1)C(C(=O)OC)C(=O)OC. The third kappa shape index (κ3) is 4.90. The largest absolute Gasteiger partial charge is 0.493 e. The Morgan fingerprint density at radius 1 is 0.815 bits per heavy atom. The molecule has 0 spiro atoms. The first kappa shape index (κ1) is 22.3. The van der Waals surface area contributed by atoms with Gasteiger partial charge in [-0.25, -0.2) is 0 Å². The van der Waals surface area contributed by atoms with Gasteiger partial charge >= 0.3 is 17.9 Å². The Kier molecular flexibility index (Phi) is 8.58. The summed E-state index contributed by atoms with van der Waals surface area (Å²) in [6.45, 7) is 1.76. The minimum atomic E-state index is -1.35. The van der Waals surface area contributed by atoms with E-state index in [-0.39, 0.29) is 0 Å². The van der Waals surface area contributed by atoms with Gasteiger partial charge < -0.3 is 23.7 Å². The Morgan fingerprint density at radius 2 is 1.33 bits per heavy atom. The summed E-state index contributed by atoms with van der Waals surface area (Å²) in [6.07, 6.45) is 0.330. The molecule has 0 N–H and O–H groups in total. The zero-order chi connectivity index (χ0) is 20.6. The molecule has 1 aromatic carbocycles. The molecule has 0 saturated heterocycles. The highest BCUT2D eigenvalue weighted by molar-refractivity contribution is 5.97. The van der Waals surface area contributed by atoms with Crippen LogP contribution in [0, 0.1) is 11.8 Å². The van der Waals surface area contributed by atoms with Gasteiger partial charge in [-0.2, -0.15) is 0 Å². The summed E-state index contributed by atoms with van der Waals surface area (Å²) < 4.78 is 25.0. The average molecular weight is 382 g/mol. The molecule has 2 atom stereocenters. The van der Waals surface area contributed by atoms with Crippen molar-refractivity contribution < 1.29 is 38.1 Å². The molecule has 2 unspecified atom stereocenters. The zero-order valence-electron chi connectivity index (χ0n) is 16.4. The fraction of sp³-hybridized carbons (Fsp3) is 0.526. The molecule has 0 heterocycles. The molecule has 0 saturated carbocycles. The monoisotopic (exact) mass is 382 g/mol. The van der Waals surface area contributed by atoms with E-state index in [4.69, 9.17) is 23.7 Å². The lowest BCUT2D eigenvalue weighted by molar-refractivity contribution is -0.162. The van der Waals surface area contributed by atoms with Crippen molar-refractivity contribution in [1.29, 1.82) is 0 Å². The van der Waals surface area contributed by atoms with Gasteiger partial charge in [0.1, 0.15) is 0 Å². The van der Waals surface area contributed by atoms with Crippen molar-refractivity contribution in [1.82, 2.24) is 0 Å². The number of rotatable bonds is 9. The molecule has 0 radical (unpaired) electrons. The Balaban J connectivity index is 3.64. The van der Waals surface area contributed by atoms with Gasteiger partial charge in [0.05, 0.1) is 41.5 Å². The van der Waals surface area contributed by atoms with Crippen LogP contribution in [-0.2, 0) is 28.6 Å². The average Bonchev–Trinajstić information content (AvgIpc) is 2.71. The molecule has 0 aliphatic rings. The number of esters is 3. The van der Waals surface area contributed by atoms with Gasteiger partial charge in [-0.3, -0.25) is 14.4 Å². The Labute approximate surface area is 158 Å². The number of benzene rings is 1. The summed E-state index contributed by atoms with van der Waals surface area (Å²) in [7, 11) is 6.55. The molecular formula is C19H26O8. The van der Waals surface area contributed by atoms with Crippen LogP contribution in [0.15, 0.2) is 18.2 Å². The number of ether oxygens (including phenoxy) is 5. The normalized spacial score (nSPS) is 12.7. The van der Waals surface area contributed by atoms with Gasteiger partial charge in [-0.15, -0.1) is 0 Å². The second-order valence-corrected chi connectivity index (χ2v) is 5.70. The van der Waals surface area contributed by atoms with Crippen LogP contribution in [-0.4, -0.2) is 53.5 Å². The lowest BCUT2D eigenvalue weighted by atomic mass is 9.75. The molecule has 1 rings (SSSR count). The van der Waals surface area contributed by atoms with E-state index in [1.807, 2.05) is 0 Å². The number of methoxy groups -OCH3 is 5. The van der Waals surface area contributed by atoms with E-state index in [1.54, 1.807) is 25.1 Å². The molecular weight excluding hydrogens is 356 g/mol. The lowest BCUT2D eigenvalue weighted by Crippen LogP contribution is -2.38. The van der Waals surface area contributed by atoms with E-state index >= 15 is 0 Å². The third-order valence-electron chi connectivity index (χ3n) is 4.44. The Morgan fingerprint density at radius 3 is 1.74 bits per heavy atom. The van der Waals surface area contributed by atoms with Crippen LogP contribution < -0.4 is 9.47 Å². The molecule has 0 bridgehead atoms. The third-order valence-corrected chi connectivity index (χ3v) is 4.44. The summed E-state index contributed by atoms with van der Waals surface area (Å²) in [5.41, 5.74) is 0.519. The molecule has 27 heavy (non-hydrogen) atoms. The van der Waals surface area contributed by atoms with Crippen LogP contribution in [0.1, 0.15) is 24.8 Å². The van der Waals surface area contributed by atoms with Crippen LogP contribution >= 0.6 is 0 Å². The summed E-state index contributed by atoms with van der Waals surface area (Å²) in [5.74, 6) is -4.28. The molecule has 0 amide bonds. The van der Waals surface area contributed by atoms with Crippen molar-refractivity contribution in [3.05, 3.63) is 23.8 Å². The van der Waals surface area contributed by atoms with E-state index in [9.17, 15) is 14.4 Å². The summed E-state index contributed by atoms with van der Waals surface area (Å²) in [6, 6.07) is 4.92. The predicted molar refractivity (Wildman–Crippen MR) is 95.6 cm³/mol. The number of hydrogen-bond donors (Lipinski definition) is 0. The Bertz CT molecular complexity index is 654. The van der Waals surface area contributed by atoms with E-state index in [0.29, 0.717) is 23.5 Å². The first-order valence-electron chi connectivity index (χ1n) is 8.35. The molecule has 0 fully saturated rings. The zero-order valence-corrected chi connectivity index (χ0v) is 16.4. The minimum Gasteiger partial charge on any atom is -0.493 e.